The third kappa shape index (κ3) is 4.01. The van der Waals surface area contributed by atoms with Gasteiger partial charge in [-0.15, -0.1) is 0 Å². The van der Waals surface area contributed by atoms with Gasteiger partial charge in [-0.3, -0.25) is 0 Å². The quantitative estimate of drug-likeness (QED) is 0.777. The number of amides is 1. The molecule has 2 aromatic rings. The molecule has 1 aliphatic heterocycles. The number of aromatic nitrogens is 1. The van der Waals surface area contributed by atoms with Gasteiger partial charge in [0, 0.05) is 31.0 Å². The Kier molecular flexibility index (Phi) is 5.69. The topological polar surface area (TPSA) is 59.6 Å². The van der Waals surface area contributed by atoms with Gasteiger partial charge in [0.1, 0.15) is 0 Å². The van der Waals surface area contributed by atoms with E-state index in [-0.39, 0.29) is 0 Å². The maximum absolute atomic E-state index is 10.9. The lowest BCUT2D eigenvalue weighted by Crippen LogP contribution is -2.39. The minimum absolute atomic E-state index is 0.573. The maximum Gasteiger partial charge on any atom is 0.407 e. The fraction of sp³-hybridized carbons (Fsp3) is 0.526. The second-order valence-electron chi connectivity index (χ2n) is 6.90. The molecule has 6 heteroatoms. The van der Waals surface area contributed by atoms with Crippen LogP contribution in [-0.2, 0) is 6.42 Å². The van der Waals surface area contributed by atoms with Crippen molar-refractivity contribution in [2.45, 2.75) is 32.1 Å². The Bertz CT molecular complexity index is 750. The monoisotopic (exact) mass is 407 g/mol. The first kappa shape index (κ1) is 18.3. The van der Waals surface area contributed by atoms with E-state index in [0.29, 0.717) is 12.5 Å². The molecule has 0 spiro atoms. The summed E-state index contributed by atoms with van der Waals surface area (Å²) in [7, 11) is 1.63. The van der Waals surface area contributed by atoms with Crippen molar-refractivity contribution in [3.05, 3.63) is 33.9 Å². The number of aryl methyl sites for hydroxylation is 1. The first-order valence-electron chi connectivity index (χ1n) is 8.96. The van der Waals surface area contributed by atoms with Crippen LogP contribution in [0.5, 0.6) is 0 Å². The van der Waals surface area contributed by atoms with E-state index >= 15 is 0 Å². The number of benzene rings is 1. The highest BCUT2D eigenvalue weighted by atomic mass is 79.9. The van der Waals surface area contributed by atoms with Gasteiger partial charge in [0.05, 0.1) is 4.60 Å². The van der Waals surface area contributed by atoms with E-state index in [1.54, 1.807) is 7.05 Å². The summed E-state index contributed by atoms with van der Waals surface area (Å²) in [6, 6.07) is 6.81. The van der Waals surface area contributed by atoms with Crippen molar-refractivity contribution < 1.29 is 9.90 Å². The molecule has 136 valence electrons. The van der Waals surface area contributed by atoms with Crippen molar-refractivity contribution in [3.8, 4) is 0 Å². The number of nitrogens with zero attached hydrogens (tertiary/aromatic N) is 2. The summed E-state index contributed by atoms with van der Waals surface area (Å²) in [5, 5.41) is 10.3. The van der Waals surface area contributed by atoms with Crippen LogP contribution in [0.15, 0.2) is 22.8 Å². The number of H-pyrrole nitrogens is 1. The summed E-state index contributed by atoms with van der Waals surface area (Å²) in [4.78, 5) is 18.0. The number of likely N-dealkylation sites (tertiary alicyclic amines) is 1. The van der Waals surface area contributed by atoms with E-state index in [4.69, 9.17) is 5.11 Å². The van der Waals surface area contributed by atoms with Gasteiger partial charge in [-0.1, -0.05) is 13.0 Å². The van der Waals surface area contributed by atoms with Gasteiger partial charge in [0.15, 0.2) is 0 Å². The summed E-state index contributed by atoms with van der Waals surface area (Å²) in [6.07, 6.45) is 2.43. The fourth-order valence-corrected chi connectivity index (χ4v) is 4.42. The van der Waals surface area contributed by atoms with E-state index in [1.165, 1.54) is 26.9 Å². The summed E-state index contributed by atoms with van der Waals surface area (Å²) in [6.45, 7) is 5.65. The Hall–Kier alpha value is -1.53. The van der Waals surface area contributed by atoms with Crippen LogP contribution in [0.4, 0.5) is 4.79 Å². The lowest BCUT2D eigenvalue weighted by Gasteiger charge is -2.33. The van der Waals surface area contributed by atoms with Crippen LogP contribution in [0.1, 0.15) is 36.8 Å². The van der Waals surface area contributed by atoms with E-state index < -0.39 is 6.09 Å². The van der Waals surface area contributed by atoms with Crippen LogP contribution in [0.3, 0.4) is 0 Å². The predicted octanol–water partition coefficient (Wildman–Crippen LogP) is 4.28. The van der Waals surface area contributed by atoms with Crippen LogP contribution < -0.4 is 0 Å². The van der Waals surface area contributed by atoms with E-state index in [0.717, 1.165) is 43.5 Å². The SMILES string of the molecule is CCc1c(Br)[nH]c2ccc(C3CCN(CCN(C)C(=O)O)CC3)cc12. The van der Waals surface area contributed by atoms with Gasteiger partial charge in [0.25, 0.3) is 0 Å². The second kappa shape index (κ2) is 7.79. The molecular formula is C19H26BrN3O2. The molecule has 1 aromatic heterocycles. The minimum Gasteiger partial charge on any atom is -0.465 e. The van der Waals surface area contributed by atoms with Crippen LogP contribution >= 0.6 is 15.9 Å². The number of fused-ring (bicyclic) bond motifs is 1. The van der Waals surface area contributed by atoms with Crippen molar-refractivity contribution in [2.75, 3.05) is 33.2 Å². The molecule has 0 unspecified atom stereocenters. The van der Waals surface area contributed by atoms with Gasteiger partial charge in [-0.25, -0.2) is 4.79 Å². The number of aromatic amines is 1. The van der Waals surface area contributed by atoms with Gasteiger partial charge >= 0.3 is 6.09 Å². The smallest absolute Gasteiger partial charge is 0.407 e. The Balaban J connectivity index is 1.63. The molecule has 2 N–H and O–H groups in total. The normalized spacial score (nSPS) is 16.4. The number of likely N-dealkylation sites (N-methyl/N-ethyl adjacent to an activating group) is 1. The highest BCUT2D eigenvalue weighted by molar-refractivity contribution is 9.10. The molecule has 0 radical (unpaired) electrons. The zero-order valence-corrected chi connectivity index (χ0v) is 16.5. The van der Waals surface area contributed by atoms with Crippen molar-refractivity contribution >= 4 is 32.9 Å². The molecule has 3 rings (SSSR count). The Morgan fingerprint density at radius 2 is 2.12 bits per heavy atom. The number of hydrogen-bond donors (Lipinski definition) is 2. The molecule has 1 amide bonds. The lowest BCUT2D eigenvalue weighted by molar-refractivity contribution is 0.142. The third-order valence-corrected chi connectivity index (χ3v) is 6.05. The minimum atomic E-state index is -0.854. The fourth-order valence-electron chi connectivity index (χ4n) is 3.71. The zero-order valence-electron chi connectivity index (χ0n) is 14.9. The highest BCUT2D eigenvalue weighted by Gasteiger charge is 2.22. The molecule has 2 heterocycles. The molecule has 1 aromatic carbocycles. The summed E-state index contributed by atoms with van der Waals surface area (Å²) in [5.74, 6) is 0.594. The molecule has 0 saturated carbocycles. The van der Waals surface area contributed by atoms with E-state index in [1.807, 2.05) is 0 Å². The Morgan fingerprint density at radius 3 is 2.76 bits per heavy atom. The standard InChI is InChI=1S/C19H26BrN3O2/c1-3-15-16-12-14(4-5-17(16)21-18(15)20)13-6-8-23(9-7-13)11-10-22(2)19(24)25/h4-5,12-13,21H,3,6-11H2,1-2H3,(H,24,25). The second-order valence-corrected chi connectivity index (χ2v) is 7.69. The summed E-state index contributed by atoms with van der Waals surface area (Å²) >= 11 is 3.63. The molecule has 25 heavy (non-hydrogen) atoms. The molecular weight excluding hydrogens is 382 g/mol. The maximum atomic E-state index is 10.9. The van der Waals surface area contributed by atoms with Crippen molar-refractivity contribution in [2.24, 2.45) is 0 Å². The molecule has 0 atom stereocenters. The first-order valence-corrected chi connectivity index (χ1v) is 9.75. The number of rotatable bonds is 5. The van der Waals surface area contributed by atoms with Gasteiger partial charge in [0.2, 0.25) is 0 Å². The molecule has 0 bridgehead atoms. The number of carbonyl (C=O) groups is 1. The molecule has 1 fully saturated rings. The van der Waals surface area contributed by atoms with Gasteiger partial charge < -0.3 is 19.9 Å². The third-order valence-electron chi connectivity index (χ3n) is 5.37. The highest BCUT2D eigenvalue weighted by Crippen LogP contribution is 2.33. The number of nitrogens with one attached hydrogen (secondary N) is 1. The Labute approximate surface area is 157 Å². The van der Waals surface area contributed by atoms with Crippen LogP contribution in [0, 0.1) is 0 Å². The van der Waals surface area contributed by atoms with Crippen LogP contribution in [0.25, 0.3) is 10.9 Å². The number of piperidine rings is 1. The van der Waals surface area contributed by atoms with Crippen molar-refractivity contribution in [3.63, 3.8) is 0 Å². The zero-order chi connectivity index (χ0) is 18.0. The molecule has 5 nitrogen and oxygen atoms in total. The van der Waals surface area contributed by atoms with Gasteiger partial charge in [-0.05, 0) is 77.5 Å². The Morgan fingerprint density at radius 1 is 1.40 bits per heavy atom. The largest absolute Gasteiger partial charge is 0.465 e. The van der Waals surface area contributed by atoms with Crippen LogP contribution in [-0.4, -0.2) is 59.2 Å². The lowest BCUT2D eigenvalue weighted by atomic mass is 9.88. The van der Waals surface area contributed by atoms with Crippen molar-refractivity contribution in [1.29, 1.82) is 0 Å². The number of hydrogen-bond acceptors (Lipinski definition) is 2. The summed E-state index contributed by atoms with van der Waals surface area (Å²) < 4.78 is 1.10. The molecule has 0 aliphatic carbocycles. The number of halogens is 1. The molecule has 1 saturated heterocycles. The predicted molar refractivity (Wildman–Crippen MR) is 104 cm³/mol. The average Bonchev–Trinajstić information content (AvgIpc) is 2.94. The van der Waals surface area contributed by atoms with Crippen molar-refractivity contribution in [1.82, 2.24) is 14.8 Å². The molecule has 1 aliphatic rings. The van der Waals surface area contributed by atoms with E-state index in [2.05, 4.69) is 50.9 Å². The van der Waals surface area contributed by atoms with Gasteiger partial charge in [-0.2, -0.15) is 0 Å². The first-order chi connectivity index (χ1) is 12.0. The average molecular weight is 408 g/mol. The summed E-state index contributed by atoms with van der Waals surface area (Å²) in [5.41, 5.74) is 3.98. The number of carboxylic acid groups (broad SMARTS) is 1. The van der Waals surface area contributed by atoms with Crippen LogP contribution in [0.2, 0.25) is 0 Å². The van der Waals surface area contributed by atoms with E-state index in [9.17, 15) is 4.79 Å².